The van der Waals surface area contributed by atoms with Gasteiger partial charge in [0.1, 0.15) is 22.3 Å². The van der Waals surface area contributed by atoms with Gasteiger partial charge in [-0.1, -0.05) is 91.0 Å². The Bertz CT molecular complexity index is 3000. The van der Waals surface area contributed by atoms with E-state index in [4.69, 9.17) is 8.83 Å². The molecule has 11 rings (SSSR count). The lowest BCUT2D eigenvalue weighted by molar-refractivity contribution is 0.669. The van der Waals surface area contributed by atoms with Crippen LogP contribution in [-0.4, -0.2) is 4.98 Å². The molecule has 0 saturated carbocycles. The van der Waals surface area contributed by atoms with Crippen molar-refractivity contribution in [1.29, 1.82) is 0 Å². The van der Waals surface area contributed by atoms with Gasteiger partial charge in [-0.3, -0.25) is 4.98 Å². The number of furan rings is 2. The predicted octanol–water partition coefficient (Wildman–Crippen LogP) is 14.0. The Morgan fingerprint density at radius 2 is 0.830 bits per heavy atom. The largest absolute Gasteiger partial charge is 0.456 e. The fourth-order valence-electron chi connectivity index (χ4n) is 7.83. The van der Waals surface area contributed by atoms with Gasteiger partial charge < -0.3 is 13.7 Å². The third-order valence-corrected chi connectivity index (χ3v) is 10.5. The highest BCUT2D eigenvalue weighted by Gasteiger charge is 2.17. The smallest absolute Gasteiger partial charge is 0.136 e. The number of aromatic nitrogens is 1. The third kappa shape index (κ3) is 4.95. The summed E-state index contributed by atoms with van der Waals surface area (Å²) in [6.45, 7) is 0. The van der Waals surface area contributed by atoms with Gasteiger partial charge in [0.2, 0.25) is 0 Å². The van der Waals surface area contributed by atoms with Crippen molar-refractivity contribution in [2.75, 3.05) is 4.90 Å². The Labute approximate surface area is 304 Å². The molecule has 0 radical (unpaired) electrons. The zero-order chi connectivity index (χ0) is 34.9. The van der Waals surface area contributed by atoms with E-state index in [1.165, 1.54) is 5.56 Å². The summed E-state index contributed by atoms with van der Waals surface area (Å²) in [7, 11) is 0. The van der Waals surface area contributed by atoms with Gasteiger partial charge in [0.25, 0.3) is 0 Å². The molecule has 0 aliphatic carbocycles. The van der Waals surface area contributed by atoms with Gasteiger partial charge in [-0.25, -0.2) is 0 Å². The van der Waals surface area contributed by atoms with Crippen molar-refractivity contribution in [1.82, 2.24) is 4.98 Å². The van der Waals surface area contributed by atoms with E-state index in [0.717, 1.165) is 99.2 Å². The van der Waals surface area contributed by atoms with Crippen LogP contribution in [0.25, 0.3) is 87.7 Å². The summed E-state index contributed by atoms with van der Waals surface area (Å²) in [4.78, 5) is 6.63. The SMILES string of the molecule is c1cncc(-c2ccc(-c3ccc(N(c4ccc5cc6oc7ccccc7c6cc5c4)c4ccc5cc6oc7ccccc7c6cc5c4)cc3)cc2)c1. The lowest BCUT2D eigenvalue weighted by Crippen LogP contribution is -2.09. The monoisotopic (exact) mass is 678 g/mol. The number of pyridine rings is 1. The molecule has 3 heterocycles. The number of para-hydroxylation sites is 2. The van der Waals surface area contributed by atoms with Gasteiger partial charge in [0.05, 0.1) is 0 Å². The molecule has 0 unspecified atom stereocenters. The fourth-order valence-corrected chi connectivity index (χ4v) is 7.83. The number of hydrogen-bond acceptors (Lipinski definition) is 4. The molecule has 0 spiro atoms. The molecule has 0 amide bonds. The average Bonchev–Trinajstić information content (AvgIpc) is 3.77. The molecule has 0 atom stereocenters. The fraction of sp³-hybridized carbons (Fsp3) is 0. The van der Waals surface area contributed by atoms with Crippen LogP contribution in [0.5, 0.6) is 0 Å². The summed E-state index contributed by atoms with van der Waals surface area (Å²) in [5.41, 5.74) is 11.4. The molecule has 0 N–H and O–H groups in total. The minimum absolute atomic E-state index is 0.903. The summed E-state index contributed by atoms with van der Waals surface area (Å²) in [5.74, 6) is 0. The van der Waals surface area contributed by atoms with E-state index in [9.17, 15) is 0 Å². The molecule has 4 nitrogen and oxygen atoms in total. The molecule has 4 heteroatoms. The van der Waals surface area contributed by atoms with E-state index in [-0.39, 0.29) is 0 Å². The van der Waals surface area contributed by atoms with Crippen molar-refractivity contribution in [2.45, 2.75) is 0 Å². The second-order valence-electron chi connectivity index (χ2n) is 13.7. The van der Waals surface area contributed by atoms with E-state index < -0.39 is 0 Å². The van der Waals surface area contributed by atoms with Gasteiger partial charge in [0, 0.05) is 51.0 Å². The van der Waals surface area contributed by atoms with Crippen molar-refractivity contribution < 1.29 is 8.83 Å². The van der Waals surface area contributed by atoms with Crippen molar-refractivity contribution in [3.8, 4) is 22.3 Å². The minimum atomic E-state index is 0.903. The molecule has 0 saturated heterocycles. The van der Waals surface area contributed by atoms with Crippen molar-refractivity contribution in [3.63, 3.8) is 0 Å². The van der Waals surface area contributed by atoms with Gasteiger partial charge >= 0.3 is 0 Å². The van der Waals surface area contributed by atoms with Crippen LogP contribution in [0.4, 0.5) is 17.1 Å². The van der Waals surface area contributed by atoms with Gasteiger partial charge in [-0.2, -0.15) is 0 Å². The van der Waals surface area contributed by atoms with E-state index in [1.807, 2.05) is 36.5 Å². The Morgan fingerprint density at radius 1 is 0.340 bits per heavy atom. The van der Waals surface area contributed by atoms with Gasteiger partial charge in [-0.15, -0.1) is 0 Å². The van der Waals surface area contributed by atoms with Crippen LogP contribution < -0.4 is 4.90 Å². The molecule has 3 aromatic heterocycles. The highest BCUT2D eigenvalue weighted by atomic mass is 16.3. The summed E-state index contributed by atoms with van der Waals surface area (Å²) in [6.07, 6.45) is 3.70. The molecule has 0 fully saturated rings. The second kappa shape index (κ2) is 11.7. The number of nitrogens with zero attached hydrogens (tertiary/aromatic N) is 2. The first-order valence-electron chi connectivity index (χ1n) is 17.8. The number of hydrogen-bond donors (Lipinski definition) is 0. The zero-order valence-corrected chi connectivity index (χ0v) is 28.5. The molecule has 11 aromatic rings. The Morgan fingerprint density at radius 3 is 1.36 bits per heavy atom. The van der Waals surface area contributed by atoms with Crippen molar-refractivity contribution in [2.24, 2.45) is 0 Å². The van der Waals surface area contributed by atoms with Crippen molar-refractivity contribution >= 4 is 82.5 Å². The number of anilines is 3. The number of fused-ring (bicyclic) bond motifs is 8. The summed E-state index contributed by atoms with van der Waals surface area (Å²) < 4.78 is 12.5. The standard InChI is InChI=1S/C49H30N2O2/c1-3-9-46-42(7-1)44-26-37-24-40(21-17-34(37)28-48(44)52-46)51(39-19-15-32(16-20-39)31-11-13-33(14-12-31)36-6-5-23-50-30-36)41-22-18-35-29-49-45(27-38(35)25-41)43-8-2-4-10-47(43)53-49/h1-30H. The Hall–Kier alpha value is -7.17. The van der Waals surface area contributed by atoms with Gasteiger partial charge in [-0.05, 0) is 123 Å². The molecule has 0 bridgehead atoms. The van der Waals surface area contributed by atoms with E-state index in [2.05, 4.69) is 149 Å². The highest BCUT2D eigenvalue weighted by Crippen LogP contribution is 2.41. The van der Waals surface area contributed by atoms with Crippen LogP contribution in [0.3, 0.4) is 0 Å². The maximum atomic E-state index is 6.23. The Balaban J connectivity index is 1.05. The number of rotatable bonds is 5. The van der Waals surface area contributed by atoms with Crippen LogP contribution in [0, 0.1) is 0 Å². The van der Waals surface area contributed by atoms with Crippen LogP contribution in [0.2, 0.25) is 0 Å². The number of benzene rings is 8. The van der Waals surface area contributed by atoms with Crippen molar-refractivity contribution in [3.05, 3.63) is 182 Å². The van der Waals surface area contributed by atoms with E-state index >= 15 is 0 Å². The second-order valence-corrected chi connectivity index (χ2v) is 13.7. The molecular formula is C49H30N2O2. The summed E-state index contributed by atoms with van der Waals surface area (Å²) in [6, 6.07) is 60.4. The summed E-state index contributed by atoms with van der Waals surface area (Å²) in [5, 5.41) is 9.09. The highest BCUT2D eigenvalue weighted by molar-refractivity contribution is 6.12. The van der Waals surface area contributed by atoms with Crippen LogP contribution in [0.1, 0.15) is 0 Å². The normalized spacial score (nSPS) is 11.8. The lowest BCUT2D eigenvalue weighted by atomic mass is 10.0. The third-order valence-electron chi connectivity index (χ3n) is 10.5. The minimum Gasteiger partial charge on any atom is -0.456 e. The molecular weight excluding hydrogens is 649 g/mol. The van der Waals surface area contributed by atoms with E-state index in [1.54, 1.807) is 6.20 Å². The maximum absolute atomic E-state index is 6.23. The average molecular weight is 679 g/mol. The van der Waals surface area contributed by atoms with Crippen LogP contribution >= 0.6 is 0 Å². The first kappa shape index (κ1) is 29.5. The molecule has 53 heavy (non-hydrogen) atoms. The van der Waals surface area contributed by atoms with Crippen LogP contribution in [0.15, 0.2) is 191 Å². The molecule has 0 aliphatic heterocycles. The quantitative estimate of drug-likeness (QED) is 0.182. The molecule has 248 valence electrons. The molecule has 0 aliphatic rings. The molecule has 8 aromatic carbocycles. The lowest BCUT2D eigenvalue weighted by Gasteiger charge is -2.26. The first-order chi connectivity index (χ1) is 26.2. The van der Waals surface area contributed by atoms with E-state index in [0.29, 0.717) is 0 Å². The zero-order valence-electron chi connectivity index (χ0n) is 28.5. The predicted molar refractivity (Wildman–Crippen MR) is 219 cm³/mol. The van der Waals surface area contributed by atoms with Crippen LogP contribution in [-0.2, 0) is 0 Å². The summed E-state index contributed by atoms with van der Waals surface area (Å²) >= 11 is 0. The first-order valence-corrected chi connectivity index (χ1v) is 17.8. The topological polar surface area (TPSA) is 42.4 Å². The van der Waals surface area contributed by atoms with Gasteiger partial charge in [0.15, 0.2) is 0 Å². The Kier molecular flexibility index (Phi) is 6.52. The maximum Gasteiger partial charge on any atom is 0.136 e.